The molecule has 2 aromatic carbocycles. The normalized spacial score (nSPS) is 10.4. The van der Waals surface area contributed by atoms with E-state index in [2.05, 4.69) is 22.7 Å². The number of thiocarbonyl (C=S) groups is 1. The maximum Gasteiger partial charge on any atom is 0.269 e. The molecule has 0 fully saturated rings. The Balaban J connectivity index is 2.16. The zero-order valence-corrected chi connectivity index (χ0v) is 13.4. The van der Waals surface area contributed by atoms with Crippen molar-refractivity contribution in [2.24, 2.45) is 10.8 Å². The molecule has 0 atom stereocenters. The van der Waals surface area contributed by atoms with Gasteiger partial charge in [0.25, 0.3) is 5.69 Å². The summed E-state index contributed by atoms with van der Waals surface area (Å²) in [6, 6.07) is 10.9. The summed E-state index contributed by atoms with van der Waals surface area (Å²) in [6.45, 7) is 0. The van der Waals surface area contributed by atoms with Crippen molar-refractivity contribution in [1.82, 2.24) is 5.43 Å². The van der Waals surface area contributed by atoms with Crippen molar-refractivity contribution in [2.75, 3.05) is 7.11 Å². The topological polar surface area (TPSA) is 112 Å². The van der Waals surface area contributed by atoms with Gasteiger partial charge in [0.1, 0.15) is 5.75 Å². The second kappa shape index (κ2) is 7.88. The number of hydrogen-bond acceptors (Lipinski definition) is 6. The lowest BCUT2D eigenvalue weighted by molar-refractivity contribution is -0.384. The van der Waals surface area contributed by atoms with Crippen molar-refractivity contribution in [3.8, 4) is 17.2 Å². The first-order valence-electron chi connectivity index (χ1n) is 6.68. The van der Waals surface area contributed by atoms with Crippen LogP contribution in [0.3, 0.4) is 0 Å². The third kappa shape index (κ3) is 4.65. The van der Waals surface area contributed by atoms with E-state index in [0.717, 1.165) is 5.56 Å². The summed E-state index contributed by atoms with van der Waals surface area (Å²) in [5.41, 5.74) is 8.46. The fraction of sp³-hybridized carbons (Fsp3) is 0.0667. The Morgan fingerprint density at radius 3 is 2.58 bits per heavy atom. The first-order chi connectivity index (χ1) is 11.5. The molecule has 8 nitrogen and oxygen atoms in total. The molecule has 0 aliphatic rings. The van der Waals surface area contributed by atoms with E-state index < -0.39 is 4.92 Å². The van der Waals surface area contributed by atoms with Gasteiger partial charge in [0.2, 0.25) is 0 Å². The predicted molar refractivity (Wildman–Crippen MR) is 93.7 cm³/mol. The zero-order valence-electron chi connectivity index (χ0n) is 12.6. The number of hydrogen-bond donors (Lipinski definition) is 2. The number of nitro benzene ring substituents is 1. The molecule has 0 saturated carbocycles. The maximum absolute atomic E-state index is 10.6. The van der Waals surface area contributed by atoms with Gasteiger partial charge in [-0.25, -0.2) is 0 Å². The van der Waals surface area contributed by atoms with Crippen LogP contribution in [0.15, 0.2) is 47.6 Å². The molecule has 0 aromatic heterocycles. The van der Waals surface area contributed by atoms with Crippen LogP contribution < -0.4 is 20.6 Å². The lowest BCUT2D eigenvalue weighted by Gasteiger charge is -2.10. The smallest absolute Gasteiger partial charge is 0.269 e. The molecule has 9 heteroatoms. The van der Waals surface area contributed by atoms with Crippen molar-refractivity contribution >= 4 is 29.2 Å². The third-order valence-corrected chi connectivity index (χ3v) is 2.94. The number of methoxy groups -OCH3 is 1. The summed E-state index contributed by atoms with van der Waals surface area (Å²) in [4.78, 5) is 10.2. The number of nitrogens with one attached hydrogen (secondary N) is 1. The van der Waals surface area contributed by atoms with Gasteiger partial charge >= 0.3 is 0 Å². The van der Waals surface area contributed by atoms with Crippen LogP contribution in [0.2, 0.25) is 0 Å². The largest absolute Gasteiger partial charge is 0.493 e. The van der Waals surface area contributed by atoms with Gasteiger partial charge in [-0.3, -0.25) is 15.5 Å². The van der Waals surface area contributed by atoms with Gasteiger partial charge < -0.3 is 15.2 Å². The Hall–Kier alpha value is -3.20. The van der Waals surface area contributed by atoms with Gasteiger partial charge in [-0.1, -0.05) is 0 Å². The predicted octanol–water partition coefficient (Wildman–Crippen LogP) is 2.56. The van der Waals surface area contributed by atoms with Crippen LogP contribution in [-0.2, 0) is 0 Å². The van der Waals surface area contributed by atoms with Gasteiger partial charge in [0.15, 0.2) is 16.6 Å². The SMILES string of the molecule is COc1cc(C=NNC(N)=S)ccc1Oc1ccc([N+](=O)[O-])cc1. The van der Waals surface area contributed by atoms with Crippen LogP contribution in [0.5, 0.6) is 17.2 Å². The van der Waals surface area contributed by atoms with Crippen LogP contribution in [0.1, 0.15) is 5.56 Å². The van der Waals surface area contributed by atoms with E-state index >= 15 is 0 Å². The van der Waals surface area contributed by atoms with Crippen LogP contribution >= 0.6 is 12.2 Å². The molecule has 0 spiro atoms. The average Bonchev–Trinajstić information content (AvgIpc) is 2.56. The number of nitrogens with two attached hydrogens (primary N) is 1. The van der Waals surface area contributed by atoms with E-state index in [1.54, 1.807) is 18.2 Å². The van der Waals surface area contributed by atoms with Crippen LogP contribution in [-0.4, -0.2) is 23.4 Å². The van der Waals surface area contributed by atoms with Gasteiger partial charge in [-0.15, -0.1) is 0 Å². The Morgan fingerprint density at radius 1 is 1.29 bits per heavy atom. The van der Waals surface area contributed by atoms with E-state index in [4.69, 9.17) is 15.2 Å². The van der Waals surface area contributed by atoms with Crippen molar-refractivity contribution in [3.63, 3.8) is 0 Å². The minimum Gasteiger partial charge on any atom is -0.493 e. The molecule has 0 radical (unpaired) electrons. The highest BCUT2D eigenvalue weighted by Gasteiger charge is 2.09. The summed E-state index contributed by atoms with van der Waals surface area (Å²) in [6.07, 6.45) is 1.53. The summed E-state index contributed by atoms with van der Waals surface area (Å²) >= 11 is 4.64. The van der Waals surface area contributed by atoms with E-state index in [0.29, 0.717) is 17.2 Å². The Kier molecular flexibility index (Phi) is 5.63. The number of benzene rings is 2. The van der Waals surface area contributed by atoms with E-state index in [1.165, 1.54) is 37.6 Å². The Labute approximate surface area is 143 Å². The highest BCUT2D eigenvalue weighted by Crippen LogP contribution is 2.32. The minimum atomic E-state index is -0.473. The number of non-ortho nitro benzene ring substituents is 1. The molecular formula is C15H14N4O4S. The fourth-order valence-electron chi connectivity index (χ4n) is 1.78. The van der Waals surface area contributed by atoms with Gasteiger partial charge in [0.05, 0.1) is 18.2 Å². The van der Waals surface area contributed by atoms with Crippen molar-refractivity contribution in [3.05, 3.63) is 58.1 Å². The fourth-order valence-corrected chi connectivity index (χ4v) is 1.83. The van der Waals surface area contributed by atoms with E-state index in [9.17, 15) is 10.1 Å². The molecule has 0 amide bonds. The molecule has 0 aliphatic carbocycles. The lowest BCUT2D eigenvalue weighted by atomic mass is 10.2. The van der Waals surface area contributed by atoms with Crippen molar-refractivity contribution < 1.29 is 14.4 Å². The summed E-state index contributed by atoms with van der Waals surface area (Å²) in [7, 11) is 1.51. The van der Waals surface area contributed by atoms with E-state index in [-0.39, 0.29) is 10.8 Å². The number of rotatable bonds is 6. The summed E-state index contributed by atoms with van der Waals surface area (Å²) in [5, 5.41) is 14.6. The summed E-state index contributed by atoms with van der Waals surface area (Å²) in [5.74, 6) is 1.40. The standard InChI is InChI=1S/C15H14N4O4S/c1-22-14-8-10(9-17-18-15(16)24)2-7-13(14)23-12-5-3-11(4-6-12)19(20)21/h2-9H,1H3,(H3,16,18,24). The molecule has 2 aromatic rings. The van der Waals surface area contributed by atoms with Crippen LogP contribution in [0, 0.1) is 10.1 Å². The number of nitro groups is 1. The highest BCUT2D eigenvalue weighted by atomic mass is 32.1. The monoisotopic (exact) mass is 346 g/mol. The molecule has 0 bridgehead atoms. The van der Waals surface area contributed by atoms with Gasteiger partial charge in [-0.05, 0) is 48.1 Å². The molecule has 124 valence electrons. The maximum atomic E-state index is 10.6. The molecule has 3 N–H and O–H groups in total. The first-order valence-corrected chi connectivity index (χ1v) is 7.09. The molecule has 2 rings (SSSR count). The second-order valence-electron chi connectivity index (χ2n) is 4.50. The lowest BCUT2D eigenvalue weighted by Crippen LogP contribution is -2.23. The second-order valence-corrected chi connectivity index (χ2v) is 4.94. The molecular weight excluding hydrogens is 332 g/mol. The first kappa shape index (κ1) is 17.2. The van der Waals surface area contributed by atoms with Crippen molar-refractivity contribution in [1.29, 1.82) is 0 Å². The quantitative estimate of drug-likeness (QED) is 0.358. The van der Waals surface area contributed by atoms with Gasteiger partial charge in [0, 0.05) is 12.1 Å². The molecule has 24 heavy (non-hydrogen) atoms. The molecule has 0 aliphatic heterocycles. The Bertz CT molecular complexity index is 778. The van der Waals surface area contributed by atoms with E-state index in [1.807, 2.05) is 0 Å². The van der Waals surface area contributed by atoms with Crippen molar-refractivity contribution in [2.45, 2.75) is 0 Å². The molecule has 0 heterocycles. The highest BCUT2D eigenvalue weighted by molar-refractivity contribution is 7.80. The molecule has 0 saturated heterocycles. The van der Waals surface area contributed by atoms with Crippen LogP contribution in [0.4, 0.5) is 5.69 Å². The number of ether oxygens (including phenoxy) is 2. The molecule has 0 unspecified atom stereocenters. The van der Waals surface area contributed by atoms with Crippen LogP contribution in [0.25, 0.3) is 0 Å². The average molecular weight is 346 g/mol. The number of hydrazone groups is 1. The minimum absolute atomic E-state index is 0.00815. The third-order valence-electron chi connectivity index (χ3n) is 2.85. The Morgan fingerprint density at radius 2 is 2.00 bits per heavy atom. The zero-order chi connectivity index (χ0) is 17.5. The number of nitrogens with zero attached hydrogens (tertiary/aromatic N) is 2. The van der Waals surface area contributed by atoms with Gasteiger partial charge in [-0.2, -0.15) is 5.10 Å². The summed E-state index contributed by atoms with van der Waals surface area (Å²) < 4.78 is 11.0.